The van der Waals surface area contributed by atoms with Crippen molar-refractivity contribution in [3.05, 3.63) is 0 Å². The largest absolute Gasteiger partial charge is 0.401 e. The van der Waals surface area contributed by atoms with Crippen molar-refractivity contribution in [2.75, 3.05) is 26.2 Å². The molecule has 2 nitrogen and oxygen atoms in total. The molecule has 0 spiro atoms. The maximum absolute atomic E-state index is 12.4. The average molecular weight is 457 g/mol. The maximum atomic E-state index is 12.4. The fraction of sp³-hybridized carbons (Fsp3) is 1.00. The van der Waals surface area contributed by atoms with Gasteiger partial charge in [-0.2, -0.15) is 13.2 Å². The minimum Gasteiger partial charge on any atom is -0.295 e. The van der Waals surface area contributed by atoms with Crippen molar-refractivity contribution in [2.45, 2.75) is 106 Å². The molecule has 186 valence electrons. The SMILES string of the molecule is CC1C(C(C)(C)C)CCCN1CC(F)(F)F.CC1C(C(C)(C)C)CCCN1CC(F)F. The van der Waals surface area contributed by atoms with E-state index in [2.05, 4.69) is 48.5 Å². The fourth-order valence-corrected chi connectivity index (χ4v) is 5.63. The maximum Gasteiger partial charge on any atom is 0.401 e. The van der Waals surface area contributed by atoms with E-state index >= 15 is 0 Å². The Morgan fingerprint density at radius 3 is 1.48 bits per heavy atom. The van der Waals surface area contributed by atoms with Gasteiger partial charge < -0.3 is 0 Å². The summed E-state index contributed by atoms with van der Waals surface area (Å²) < 4.78 is 61.9. The summed E-state index contributed by atoms with van der Waals surface area (Å²) in [6.07, 6.45) is -2.13. The Hall–Kier alpha value is -0.430. The molecule has 0 aromatic heterocycles. The van der Waals surface area contributed by atoms with Gasteiger partial charge in [-0.25, -0.2) is 8.78 Å². The van der Waals surface area contributed by atoms with Crippen molar-refractivity contribution in [3.8, 4) is 0 Å². The lowest BCUT2D eigenvalue weighted by Crippen LogP contribution is -2.50. The fourth-order valence-electron chi connectivity index (χ4n) is 5.63. The Kier molecular flexibility index (Phi) is 10.3. The Morgan fingerprint density at radius 2 is 1.13 bits per heavy atom. The molecule has 2 heterocycles. The third kappa shape index (κ3) is 9.53. The minimum atomic E-state index is -4.08. The quantitative estimate of drug-likeness (QED) is 0.418. The number of rotatable bonds is 3. The molecule has 2 fully saturated rings. The van der Waals surface area contributed by atoms with Crippen LogP contribution in [0.25, 0.3) is 0 Å². The van der Waals surface area contributed by atoms with Crippen molar-refractivity contribution in [1.29, 1.82) is 0 Å². The zero-order valence-corrected chi connectivity index (χ0v) is 20.8. The van der Waals surface area contributed by atoms with Crippen molar-refractivity contribution >= 4 is 0 Å². The first kappa shape index (κ1) is 28.6. The van der Waals surface area contributed by atoms with Gasteiger partial charge in [-0.3, -0.25) is 9.80 Å². The van der Waals surface area contributed by atoms with Crippen molar-refractivity contribution in [1.82, 2.24) is 9.80 Å². The van der Waals surface area contributed by atoms with Crippen LogP contribution < -0.4 is 0 Å². The molecule has 0 amide bonds. The molecule has 2 aliphatic heterocycles. The van der Waals surface area contributed by atoms with Crippen molar-refractivity contribution < 1.29 is 22.0 Å². The highest BCUT2D eigenvalue weighted by atomic mass is 19.4. The van der Waals surface area contributed by atoms with Crippen LogP contribution in [0.15, 0.2) is 0 Å². The first-order valence-corrected chi connectivity index (χ1v) is 11.8. The van der Waals surface area contributed by atoms with Gasteiger partial charge in [0.05, 0.1) is 13.1 Å². The van der Waals surface area contributed by atoms with E-state index in [-0.39, 0.29) is 29.5 Å². The minimum absolute atomic E-state index is 0.0235. The molecular weight excluding hydrogens is 411 g/mol. The van der Waals surface area contributed by atoms with Gasteiger partial charge in [-0.1, -0.05) is 41.5 Å². The van der Waals surface area contributed by atoms with Gasteiger partial charge in [0, 0.05) is 12.1 Å². The highest BCUT2D eigenvalue weighted by Crippen LogP contribution is 2.39. The lowest BCUT2D eigenvalue weighted by atomic mass is 9.72. The second-order valence-electron chi connectivity index (χ2n) is 11.7. The summed E-state index contributed by atoms with van der Waals surface area (Å²) in [6.45, 7) is 17.6. The zero-order chi connectivity index (χ0) is 24.2. The molecule has 0 saturated carbocycles. The number of alkyl halides is 5. The summed E-state index contributed by atoms with van der Waals surface area (Å²) in [5.74, 6) is 0.883. The Balaban J connectivity index is 0.000000311. The average Bonchev–Trinajstić information content (AvgIpc) is 2.55. The van der Waals surface area contributed by atoms with Gasteiger partial charge in [0.15, 0.2) is 0 Å². The monoisotopic (exact) mass is 456 g/mol. The molecule has 2 saturated heterocycles. The van der Waals surface area contributed by atoms with Gasteiger partial charge in [0.1, 0.15) is 0 Å². The molecule has 7 heteroatoms. The van der Waals surface area contributed by atoms with Crippen LogP contribution in [-0.2, 0) is 0 Å². The van der Waals surface area contributed by atoms with E-state index in [1.54, 1.807) is 4.90 Å². The molecule has 2 rings (SSSR count). The standard InChI is InChI=1S/C12H22F3N.C12H23F2N/c1-9-10(11(2,3)4)6-5-7-16(9)8-12(13,14)15;1-9-10(12(2,3)4)6-5-7-15(9)8-11(13)14/h9-10H,5-8H2,1-4H3;9-11H,5-8H2,1-4H3. The first-order chi connectivity index (χ1) is 13.9. The number of halogens is 5. The summed E-state index contributed by atoms with van der Waals surface area (Å²) in [5, 5.41) is 0. The number of hydrogen-bond acceptors (Lipinski definition) is 2. The molecule has 4 atom stereocenters. The molecule has 0 N–H and O–H groups in total. The van der Waals surface area contributed by atoms with Gasteiger partial charge in [0.2, 0.25) is 0 Å². The third-order valence-corrected chi connectivity index (χ3v) is 7.22. The molecule has 4 unspecified atom stereocenters. The molecule has 0 aliphatic carbocycles. The Bertz CT molecular complexity index is 522. The highest BCUT2D eigenvalue weighted by Gasteiger charge is 2.40. The number of hydrogen-bond donors (Lipinski definition) is 0. The molecule has 0 radical (unpaired) electrons. The molecule has 31 heavy (non-hydrogen) atoms. The number of piperidine rings is 2. The smallest absolute Gasteiger partial charge is 0.295 e. The van der Waals surface area contributed by atoms with Crippen LogP contribution in [0, 0.1) is 22.7 Å². The summed E-state index contributed by atoms with van der Waals surface area (Å²) >= 11 is 0. The van der Waals surface area contributed by atoms with Crippen molar-refractivity contribution in [3.63, 3.8) is 0 Å². The van der Waals surface area contributed by atoms with Crippen molar-refractivity contribution in [2.24, 2.45) is 22.7 Å². The van der Waals surface area contributed by atoms with E-state index in [1.807, 2.05) is 11.8 Å². The van der Waals surface area contributed by atoms with E-state index in [0.29, 0.717) is 18.4 Å². The third-order valence-electron chi connectivity index (χ3n) is 7.22. The summed E-state index contributed by atoms with van der Waals surface area (Å²) in [7, 11) is 0. The lowest BCUT2D eigenvalue weighted by Gasteiger charge is -2.45. The second kappa shape index (κ2) is 11.1. The first-order valence-electron chi connectivity index (χ1n) is 11.8. The van der Waals surface area contributed by atoms with Crippen LogP contribution in [0.5, 0.6) is 0 Å². The van der Waals surface area contributed by atoms with Crippen LogP contribution in [0.1, 0.15) is 81.1 Å². The molecule has 0 aromatic carbocycles. The van der Waals surface area contributed by atoms with Gasteiger partial charge in [-0.05, 0) is 75.3 Å². The topological polar surface area (TPSA) is 6.48 Å². The summed E-state index contributed by atoms with van der Waals surface area (Å²) in [5.41, 5.74) is 0.309. The Labute approximate surface area is 186 Å². The van der Waals surface area contributed by atoms with E-state index in [4.69, 9.17) is 0 Å². The van der Waals surface area contributed by atoms with Gasteiger partial charge in [0.25, 0.3) is 6.43 Å². The Morgan fingerprint density at radius 1 is 0.742 bits per heavy atom. The van der Waals surface area contributed by atoms with E-state index < -0.39 is 19.1 Å². The van der Waals surface area contributed by atoms with E-state index in [1.165, 1.54) is 6.42 Å². The van der Waals surface area contributed by atoms with Crippen LogP contribution in [-0.4, -0.2) is 60.7 Å². The summed E-state index contributed by atoms with van der Waals surface area (Å²) in [6, 6.07) is 0.308. The van der Waals surface area contributed by atoms with E-state index in [0.717, 1.165) is 25.8 Å². The van der Waals surface area contributed by atoms with Crippen LogP contribution >= 0.6 is 0 Å². The highest BCUT2D eigenvalue weighted by molar-refractivity contribution is 4.89. The summed E-state index contributed by atoms with van der Waals surface area (Å²) in [4.78, 5) is 3.53. The molecular formula is C24H45F5N2. The lowest BCUT2D eigenvalue weighted by molar-refractivity contribution is -0.158. The van der Waals surface area contributed by atoms with Crippen LogP contribution in [0.4, 0.5) is 22.0 Å². The van der Waals surface area contributed by atoms with Crippen LogP contribution in [0.2, 0.25) is 0 Å². The number of nitrogens with zero attached hydrogens (tertiary/aromatic N) is 2. The van der Waals surface area contributed by atoms with E-state index in [9.17, 15) is 22.0 Å². The molecule has 2 aliphatic rings. The second-order valence-corrected chi connectivity index (χ2v) is 11.7. The number of likely N-dealkylation sites (tertiary alicyclic amines) is 2. The molecule has 0 bridgehead atoms. The zero-order valence-electron chi connectivity index (χ0n) is 20.8. The normalized spacial score (nSPS) is 29.6. The predicted octanol–water partition coefficient (Wildman–Crippen LogP) is 7.09. The van der Waals surface area contributed by atoms with Gasteiger partial charge >= 0.3 is 6.18 Å². The predicted molar refractivity (Wildman–Crippen MR) is 118 cm³/mol. The van der Waals surface area contributed by atoms with Crippen LogP contribution in [0.3, 0.4) is 0 Å². The molecule has 0 aromatic rings. The van der Waals surface area contributed by atoms with Gasteiger partial charge in [-0.15, -0.1) is 0 Å².